The zero-order chi connectivity index (χ0) is 13.7. The van der Waals surface area contributed by atoms with Crippen molar-refractivity contribution < 1.29 is 19.0 Å². The zero-order valence-corrected chi connectivity index (χ0v) is 11.1. The van der Waals surface area contributed by atoms with E-state index in [0.717, 1.165) is 0 Å². The van der Waals surface area contributed by atoms with E-state index in [4.69, 9.17) is 14.2 Å². The van der Waals surface area contributed by atoms with E-state index in [2.05, 4.69) is 10.3 Å². The van der Waals surface area contributed by atoms with Gasteiger partial charge in [0.1, 0.15) is 6.10 Å². The highest BCUT2D eigenvalue weighted by Gasteiger charge is 2.30. The lowest BCUT2D eigenvalue weighted by Crippen LogP contribution is -2.43. The molecule has 1 saturated heterocycles. The smallest absolute Gasteiger partial charge is 0.253 e. The van der Waals surface area contributed by atoms with Crippen LogP contribution in [0.15, 0.2) is 18.3 Å². The van der Waals surface area contributed by atoms with Gasteiger partial charge in [0.25, 0.3) is 5.91 Å². The van der Waals surface area contributed by atoms with Crippen molar-refractivity contribution in [2.75, 3.05) is 26.9 Å². The van der Waals surface area contributed by atoms with Crippen LogP contribution in [0.5, 0.6) is 5.88 Å². The summed E-state index contributed by atoms with van der Waals surface area (Å²) in [6, 6.07) is 3.21. The molecule has 6 nitrogen and oxygen atoms in total. The third kappa shape index (κ3) is 3.42. The van der Waals surface area contributed by atoms with Crippen molar-refractivity contribution in [2.24, 2.45) is 0 Å². The van der Waals surface area contributed by atoms with Crippen molar-refractivity contribution in [3.8, 4) is 5.88 Å². The monoisotopic (exact) mass is 266 g/mol. The van der Waals surface area contributed by atoms with Crippen molar-refractivity contribution >= 4 is 5.91 Å². The summed E-state index contributed by atoms with van der Waals surface area (Å²) in [5.74, 6) is 0.295. The van der Waals surface area contributed by atoms with Crippen LogP contribution in [0.25, 0.3) is 0 Å². The predicted molar refractivity (Wildman–Crippen MR) is 68.3 cm³/mol. The number of pyridine rings is 1. The summed E-state index contributed by atoms with van der Waals surface area (Å²) < 4.78 is 15.8. The number of methoxy groups -OCH3 is 1. The molecule has 1 amide bonds. The Labute approximate surface area is 112 Å². The molecule has 1 fully saturated rings. The number of carbonyl (C=O) groups is 1. The fourth-order valence-corrected chi connectivity index (χ4v) is 1.93. The number of carbonyl (C=O) groups excluding carboxylic acids is 1. The summed E-state index contributed by atoms with van der Waals surface area (Å²) >= 11 is 0. The number of nitrogens with zero attached hydrogens (tertiary/aromatic N) is 1. The highest BCUT2D eigenvalue weighted by molar-refractivity contribution is 5.94. The third-order valence-corrected chi connectivity index (χ3v) is 2.93. The van der Waals surface area contributed by atoms with Crippen molar-refractivity contribution in [2.45, 2.75) is 19.1 Å². The lowest BCUT2D eigenvalue weighted by molar-refractivity contribution is 0.0402. The Kier molecular flexibility index (Phi) is 4.70. The molecule has 0 unspecified atom stereocenters. The van der Waals surface area contributed by atoms with Crippen LogP contribution in [-0.4, -0.2) is 50.0 Å². The maximum Gasteiger partial charge on any atom is 0.253 e. The van der Waals surface area contributed by atoms with Gasteiger partial charge in [0, 0.05) is 18.9 Å². The number of hydrogen-bond acceptors (Lipinski definition) is 5. The first-order chi connectivity index (χ1) is 9.24. The zero-order valence-electron chi connectivity index (χ0n) is 11.1. The average Bonchev–Trinajstić information content (AvgIpc) is 2.86. The quantitative estimate of drug-likeness (QED) is 0.846. The Morgan fingerprint density at radius 2 is 2.37 bits per heavy atom. The second-order valence-corrected chi connectivity index (χ2v) is 4.20. The lowest BCUT2D eigenvalue weighted by Gasteiger charge is -2.18. The normalized spacial score (nSPS) is 22.2. The van der Waals surface area contributed by atoms with Gasteiger partial charge in [0.2, 0.25) is 5.88 Å². The van der Waals surface area contributed by atoms with Crippen molar-refractivity contribution in [1.82, 2.24) is 10.3 Å². The second kappa shape index (κ2) is 6.49. The minimum absolute atomic E-state index is 0.0832. The first kappa shape index (κ1) is 13.8. The largest absolute Gasteiger partial charge is 0.481 e. The Morgan fingerprint density at radius 3 is 3.00 bits per heavy atom. The van der Waals surface area contributed by atoms with E-state index in [1.165, 1.54) is 13.3 Å². The van der Waals surface area contributed by atoms with Gasteiger partial charge in [-0.3, -0.25) is 4.79 Å². The van der Waals surface area contributed by atoms with Gasteiger partial charge in [0.05, 0.1) is 31.9 Å². The van der Waals surface area contributed by atoms with Gasteiger partial charge in [-0.25, -0.2) is 4.98 Å². The molecular weight excluding hydrogens is 248 g/mol. The molecule has 0 aliphatic carbocycles. The van der Waals surface area contributed by atoms with Crippen LogP contribution < -0.4 is 10.1 Å². The van der Waals surface area contributed by atoms with Crippen LogP contribution in [0.1, 0.15) is 17.3 Å². The molecule has 1 aromatic heterocycles. The first-order valence-corrected chi connectivity index (χ1v) is 6.25. The molecule has 1 N–H and O–H groups in total. The SMILES string of the molecule is CCO[C@H]1COC[C@@H]1NC(=O)c1ccc(OC)nc1. The fraction of sp³-hybridized carbons (Fsp3) is 0.538. The van der Waals surface area contributed by atoms with Crippen molar-refractivity contribution in [1.29, 1.82) is 0 Å². The molecule has 1 aliphatic rings. The second-order valence-electron chi connectivity index (χ2n) is 4.20. The topological polar surface area (TPSA) is 69.7 Å². The van der Waals surface area contributed by atoms with Gasteiger partial charge in [0.15, 0.2) is 0 Å². The third-order valence-electron chi connectivity index (χ3n) is 2.93. The van der Waals surface area contributed by atoms with E-state index < -0.39 is 0 Å². The maximum absolute atomic E-state index is 12.0. The Morgan fingerprint density at radius 1 is 1.53 bits per heavy atom. The van der Waals surface area contributed by atoms with E-state index >= 15 is 0 Å². The minimum Gasteiger partial charge on any atom is -0.481 e. The molecule has 2 rings (SSSR count). The number of aromatic nitrogens is 1. The van der Waals surface area contributed by atoms with E-state index in [1.807, 2.05) is 6.92 Å². The van der Waals surface area contributed by atoms with Crippen LogP contribution >= 0.6 is 0 Å². The van der Waals surface area contributed by atoms with Crippen LogP contribution in [0, 0.1) is 0 Å². The number of rotatable bonds is 5. The summed E-state index contributed by atoms with van der Waals surface area (Å²) in [6.45, 7) is 3.51. The molecule has 0 aromatic carbocycles. The number of nitrogens with one attached hydrogen (secondary N) is 1. The molecular formula is C13H18N2O4. The summed E-state index contributed by atoms with van der Waals surface area (Å²) in [5, 5.41) is 2.90. The van der Waals surface area contributed by atoms with Gasteiger partial charge in [-0.1, -0.05) is 0 Å². The summed E-state index contributed by atoms with van der Waals surface area (Å²) in [6.07, 6.45) is 1.40. The molecule has 1 aliphatic heterocycles. The predicted octanol–water partition coefficient (Wildman–Crippen LogP) is 0.624. The molecule has 19 heavy (non-hydrogen) atoms. The minimum atomic E-state index is -0.185. The van der Waals surface area contributed by atoms with Crippen molar-refractivity contribution in [3.63, 3.8) is 0 Å². The molecule has 0 radical (unpaired) electrons. The standard InChI is InChI=1S/C13H18N2O4/c1-3-19-11-8-18-7-10(11)15-13(16)9-4-5-12(17-2)14-6-9/h4-6,10-11H,3,7-8H2,1-2H3,(H,15,16)/t10-,11-/m0/s1. The van der Waals surface area contributed by atoms with E-state index in [0.29, 0.717) is 31.3 Å². The highest BCUT2D eigenvalue weighted by Crippen LogP contribution is 2.12. The van der Waals surface area contributed by atoms with Crippen molar-refractivity contribution in [3.05, 3.63) is 23.9 Å². The summed E-state index contributed by atoms with van der Waals surface area (Å²) in [7, 11) is 1.53. The highest BCUT2D eigenvalue weighted by atomic mass is 16.5. The van der Waals surface area contributed by atoms with Gasteiger partial charge >= 0.3 is 0 Å². The maximum atomic E-state index is 12.0. The molecule has 2 heterocycles. The van der Waals surface area contributed by atoms with Crippen LogP contribution in [0.2, 0.25) is 0 Å². The van der Waals surface area contributed by atoms with Crippen LogP contribution in [0.3, 0.4) is 0 Å². The van der Waals surface area contributed by atoms with E-state index in [1.54, 1.807) is 12.1 Å². The number of ether oxygens (including phenoxy) is 3. The molecule has 1 aromatic rings. The Balaban J connectivity index is 1.95. The Hall–Kier alpha value is -1.66. The summed E-state index contributed by atoms with van der Waals surface area (Å²) in [5.41, 5.74) is 0.489. The lowest BCUT2D eigenvalue weighted by atomic mass is 10.2. The molecule has 0 saturated carbocycles. The number of hydrogen-bond donors (Lipinski definition) is 1. The van der Waals surface area contributed by atoms with Crippen LogP contribution in [0.4, 0.5) is 0 Å². The van der Waals surface area contributed by atoms with Gasteiger partial charge in [-0.15, -0.1) is 0 Å². The summed E-state index contributed by atoms with van der Waals surface area (Å²) in [4.78, 5) is 16.0. The van der Waals surface area contributed by atoms with Gasteiger partial charge < -0.3 is 19.5 Å². The fourth-order valence-electron chi connectivity index (χ4n) is 1.93. The molecule has 0 spiro atoms. The molecule has 6 heteroatoms. The number of amides is 1. The Bertz CT molecular complexity index is 421. The van der Waals surface area contributed by atoms with Crippen LogP contribution in [-0.2, 0) is 9.47 Å². The molecule has 0 bridgehead atoms. The average molecular weight is 266 g/mol. The van der Waals surface area contributed by atoms with E-state index in [-0.39, 0.29) is 18.1 Å². The van der Waals surface area contributed by atoms with Gasteiger partial charge in [-0.2, -0.15) is 0 Å². The van der Waals surface area contributed by atoms with E-state index in [9.17, 15) is 4.79 Å². The molecule has 2 atom stereocenters. The van der Waals surface area contributed by atoms with Gasteiger partial charge in [-0.05, 0) is 13.0 Å². The first-order valence-electron chi connectivity index (χ1n) is 6.25. The molecule has 104 valence electrons.